The van der Waals surface area contributed by atoms with Gasteiger partial charge in [-0.05, 0) is 38.1 Å². The van der Waals surface area contributed by atoms with E-state index in [0.717, 1.165) is 22.6 Å². The zero-order valence-corrected chi connectivity index (χ0v) is 16.6. The van der Waals surface area contributed by atoms with E-state index < -0.39 is 6.10 Å². The lowest BCUT2D eigenvalue weighted by molar-refractivity contribution is 0.226. The van der Waals surface area contributed by atoms with E-state index in [4.69, 9.17) is 10.5 Å². The van der Waals surface area contributed by atoms with E-state index in [0.29, 0.717) is 30.0 Å². The van der Waals surface area contributed by atoms with Crippen LogP contribution in [0.15, 0.2) is 43.0 Å². The summed E-state index contributed by atoms with van der Waals surface area (Å²) in [5.74, 6) is 1.07. The van der Waals surface area contributed by atoms with Crippen LogP contribution in [0.5, 0.6) is 5.75 Å². The standard InChI is InChI=1S/C21H20FN7O/c1-3-28-20-13-6-18(21(23)24-9-13)30-12(2)16-8-15(22)4-5-17(16)29-19(25-11-27-29)7-14(20)10-26-28/h4-6,8-12H,3,7H2,1-2H3,(H2,23,24). The van der Waals surface area contributed by atoms with Gasteiger partial charge < -0.3 is 10.5 Å². The predicted octanol–water partition coefficient (Wildman–Crippen LogP) is 3.31. The van der Waals surface area contributed by atoms with E-state index in [1.54, 1.807) is 16.9 Å². The summed E-state index contributed by atoms with van der Waals surface area (Å²) < 4.78 is 23.9. The predicted molar refractivity (Wildman–Crippen MR) is 109 cm³/mol. The van der Waals surface area contributed by atoms with Crippen LogP contribution in [-0.2, 0) is 13.0 Å². The van der Waals surface area contributed by atoms with Crippen LogP contribution < -0.4 is 10.5 Å². The fourth-order valence-corrected chi connectivity index (χ4v) is 3.86. The largest absolute Gasteiger partial charge is 0.482 e. The van der Waals surface area contributed by atoms with Gasteiger partial charge in [0.15, 0.2) is 11.6 Å². The highest BCUT2D eigenvalue weighted by atomic mass is 19.1. The molecule has 0 fully saturated rings. The van der Waals surface area contributed by atoms with Gasteiger partial charge in [-0.1, -0.05) is 0 Å². The first-order valence-electron chi connectivity index (χ1n) is 9.71. The summed E-state index contributed by atoms with van der Waals surface area (Å²) in [6, 6.07) is 6.39. The van der Waals surface area contributed by atoms with Gasteiger partial charge in [0.1, 0.15) is 24.1 Å². The number of halogens is 1. The summed E-state index contributed by atoms with van der Waals surface area (Å²) >= 11 is 0. The molecule has 5 rings (SSSR count). The average molecular weight is 405 g/mol. The minimum atomic E-state index is -0.498. The molecule has 8 nitrogen and oxygen atoms in total. The fourth-order valence-electron chi connectivity index (χ4n) is 3.86. The Hall–Kier alpha value is -3.75. The van der Waals surface area contributed by atoms with Crippen molar-refractivity contribution in [3.05, 3.63) is 65.8 Å². The highest BCUT2D eigenvalue weighted by Gasteiger charge is 2.23. The molecule has 1 aliphatic rings. The average Bonchev–Trinajstić information content (AvgIpc) is 3.36. The van der Waals surface area contributed by atoms with Crippen LogP contribution in [0.1, 0.15) is 36.9 Å². The molecular formula is C21H20FN7O. The van der Waals surface area contributed by atoms with Crippen molar-refractivity contribution in [2.24, 2.45) is 0 Å². The Morgan fingerprint density at radius 2 is 2.07 bits per heavy atom. The Balaban J connectivity index is 1.79. The maximum atomic E-state index is 14.1. The topological polar surface area (TPSA) is 96.7 Å². The molecule has 1 aliphatic heterocycles. The van der Waals surface area contributed by atoms with Crippen LogP contribution in [0.4, 0.5) is 10.2 Å². The van der Waals surface area contributed by atoms with Gasteiger partial charge in [-0.25, -0.2) is 19.0 Å². The quantitative estimate of drug-likeness (QED) is 0.522. The third kappa shape index (κ3) is 2.90. The lowest BCUT2D eigenvalue weighted by Gasteiger charge is -2.21. The van der Waals surface area contributed by atoms with Crippen molar-refractivity contribution in [1.29, 1.82) is 0 Å². The van der Waals surface area contributed by atoms with Crippen molar-refractivity contribution in [1.82, 2.24) is 29.5 Å². The third-order valence-corrected chi connectivity index (χ3v) is 5.30. The molecule has 4 aromatic rings. The van der Waals surface area contributed by atoms with Crippen molar-refractivity contribution in [3.8, 4) is 22.7 Å². The number of ether oxygens (including phenoxy) is 1. The SMILES string of the molecule is CCn1ncc2c1-c1cnc(N)c(c1)OC(C)c1cc(F)ccc1-n1ncnc1C2. The minimum absolute atomic E-state index is 0.270. The van der Waals surface area contributed by atoms with Crippen LogP contribution in [0.25, 0.3) is 16.9 Å². The zero-order valence-electron chi connectivity index (χ0n) is 16.6. The normalized spacial score (nSPS) is 15.2. The number of benzene rings is 1. The van der Waals surface area contributed by atoms with Gasteiger partial charge in [0.2, 0.25) is 0 Å². The summed E-state index contributed by atoms with van der Waals surface area (Å²) in [4.78, 5) is 8.78. The monoisotopic (exact) mass is 405 g/mol. The second-order valence-corrected chi connectivity index (χ2v) is 7.17. The zero-order chi connectivity index (χ0) is 20.8. The number of pyridine rings is 1. The molecule has 1 atom stereocenters. The second kappa shape index (κ2) is 6.94. The first-order chi connectivity index (χ1) is 14.5. The number of nitrogen functional groups attached to an aromatic ring is 1. The third-order valence-electron chi connectivity index (χ3n) is 5.30. The molecule has 2 N–H and O–H groups in total. The molecule has 30 heavy (non-hydrogen) atoms. The minimum Gasteiger partial charge on any atom is -0.482 e. The van der Waals surface area contributed by atoms with Gasteiger partial charge in [0, 0.05) is 35.9 Å². The molecular weight excluding hydrogens is 385 g/mol. The van der Waals surface area contributed by atoms with E-state index in [1.807, 2.05) is 30.8 Å². The molecule has 2 bridgehead atoms. The molecule has 0 radical (unpaired) electrons. The number of rotatable bonds is 1. The number of fused-ring (bicyclic) bond motifs is 7. The summed E-state index contributed by atoms with van der Waals surface area (Å²) in [5, 5.41) is 8.92. The van der Waals surface area contributed by atoms with E-state index >= 15 is 0 Å². The molecule has 9 heteroatoms. The Morgan fingerprint density at radius 3 is 2.90 bits per heavy atom. The van der Waals surface area contributed by atoms with Crippen molar-refractivity contribution in [3.63, 3.8) is 0 Å². The maximum absolute atomic E-state index is 14.1. The number of anilines is 1. The number of hydrogen-bond acceptors (Lipinski definition) is 6. The summed E-state index contributed by atoms with van der Waals surface area (Å²) in [5.41, 5.74) is 10.2. The van der Waals surface area contributed by atoms with Crippen LogP contribution in [-0.4, -0.2) is 29.5 Å². The highest BCUT2D eigenvalue weighted by Crippen LogP contribution is 2.35. The fraction of sp³-hybridized carbons (Fsp3) is 0.238. The molecule has 0 spiro atoms. The molecule has 4 heterocycles. The maximum Gasteiger partial charge on any atom is 0.166 e. The molecule has 0 amide bonds. The van der Waals surface area contributed by atoms with Crippen molar-refractivity contribution < 1.29 is 9.13 Å². The van der Waals surface area contributed by atoms with Gasteiger partial charge in [-0.3, -0.25) is 4.68 Å². The molecule has 0 saturated heterocycles. The smallest absolute Gasteiger partial charge is 0.166 e. The molecule has 152 valence electrons. The van der Waals surface area contributed by atoms with Gasteiger partial charge in [-0.2, -0.15) is 10.2 Å². The lowest BCUT2D eigenvalue weighted by Crippen LogP contribution is -2.14. The van der Waals surface area contributed by atoms with Crippen LogP contribution in [0, 0.1) is 5.82 Å². The Morgan fingerprint density at radius 1 is 1.20 bits per heavy atom. The van der Waals surface area contributed by atoms with Gasteiger partial charge in [-0.15, -0.1) is 0 Å². The highest BCUT2D eigenvalue weighted by molar-refractivity contribution is 5.67. The van der Waals surface area contributed by atoms with E-state index in [2.05, 4.69) is 20.2 Å². The summed E-state index contributed by atoms with van der Waals surface area (Å²) in [6.07, 6.45) is 5.04. The summed E-state index contributed by atoms with van der Waals surface area (Å²) in [6.45, 7) is 4.57. The first-order valence-corrected chi connectivity index (χ1v) is 9.71. The number of nitrogens with zero attached hydrogens (tertiary/aromatic N) is 6. The molecule has 1 unspecified atom stereocenters. The van der Waals surface area contributed by atoms with Gasteiger partial charge >= 0.3 is 0 Å². The van der Waals surface area contributed by atoms with Gasteiger partial charge in [0.25, 0.3) is 0 Å². The lowest BCUT2D eigenvalue weighted by atomic mass is 10.0. The van der Waals surface area contributed by atoms with E-state index in [9.17, 15) is 4.39 Å². The Bertz CT molecular complexity index is 1250. The number of aryl methyl sites for hydroxylation is 1. The molecule has 0 saturated carbocycles. The van der Waals surface area contributed by atoms with Crippen LogP contribution in [0.3, 0.4) is 0 Å². The van der Waals surface area contributed by atoms with Crippen molar-refractivity contribution in [2.45, 2.75) is 32.9 Å². The Kier molecular flexibility index (Phi) is 4.23. The number of aromatic nitrogens is 6. The van der Waals surface area contributed by atoms with Gasteiger partial charge in [0.05, 0.1) is 17.6 Å². The van der Waals surface area contributed by atoms with E-state index in [-0.39, 0.29) is 11.6 Å². The number of nitrogens with two attached hydrogens (primary N) is 1. The van der Waals surface area contributed by atoms with Crippen LogP contribution >= 0.6 is 0 Å². The van der Waals surface area contributed by atoms with Crippen molar-refractivity contribution >= 4 is 5.82 Å². The van der Waals surface area contributed by atoms with Crippen LogP contribution in [0.2, 0.25) is 0 Å². The van der Waals surface area contributed by atoms with Crippen molar-refractivity contribution in [2.75, 3.05) is 5.73 Å². The molecule has 3 aromatic heterocycles. The number of hydrogen-bond donors (Lipinski definition) is 1. The first kappa shape index (κ1) is 18.3. The Labute approximate surface area is 172 Å². The summed E-state index contributed by atoms with van der Waals surface area (Å²) in [7, 11) is 0. The van der Waals surface area contributed by atoms with E-state index in [1.165, 1.54) is 18.5 Å². The molecule has 0 aliphatic carbocycles. The second-order valence-electron chi connectivity index (χ2n) is 7.17. The molecule has 1 aromatic carbocycles.